The normalized spacial score (nSPS) is 12.0. The number of hydrogen-bond acceptors (Lipinski definition) is 7. The van der Waals surface area contributed by atoms with Crippen molar-refractivity contribution in [1.82, 2.24) is 9.61 Å². The van der Waals surface area contributed by atoms with Crippen LogP contribution in [0.4, 0.5) is 28.0 Å². The van der Waals surface area contributed by atoms with E-state index < -0.39 is 58.1 Å². The zero-order chi connectivity index (χ0) is 36.2. The Morgan fingerprint density at radius 1 is 0.920 bits per heavy atom. The van der Waals surface area contributed by atoms with Crippen molar-refractivity contribution in [2.75, 3.05) is 19.0 Å². The molecule has 0 radical (unpaired) electrons. The highest BCUT2D eigenvalue weighted by Crippen LogP contribution is 2.37. The molecule has 1 unspecified atom stereocenters. The number of rotatable bonds is 12. The number of nitrogens with one attached hydrogen (secondary N) is 1. The van der Waals surface area contributed by atoms with Gasteiger partial charge in [0.1, 0.15) is 35.5 Å². The number of carbonyl (C=O) groups excluding carboxylic acids is 1. The van der Waals surface area contributed by atoms with Gasteiger partial charge in [-0.3, -0.25) is 4.79 Å². The van der Waals surface area contributed by atoms with Crippen molar-refractivity contribution in [2.24, 2.45) is 5.41 Å². The lowest BCUT2D eigenvalue weighted by molar-refractivity contribution is 0.0409. The maximum absolute atomic E-state index is 15.6. The van der Waals surface area contributed by atoms with E-state index >= 15 is 17.6 Å². The molecule has 0 aliphatic rings. The van der Waals surface area contributed by atoms with Crippen LogP contribution in [0.2, 0.25) is 0 Å². The number of carbonyl (C=O) groups is 2. The third kappa shape index (κ3) is 7.74. The fourth-order valence-corrected chi connectivity index (χ4v) is 5.15. The van der Waals surface area contributed by atoms with Gasteiger partial charge in [-0.2, -0.15) is 0 Å². The standard InChI is InChI=1S/C36H33F4N3O7/c1-36(2,3)25(15-17-48-35(45)46)50-23-9-7-8-21(18-23)26-28(37)30(39)32(31(40)29(26)38)41-33(44)27-24-10-5-6-16-43(24)42-34(27)49-19-20-11-13-22(47-4)14-12-20/h5-14,16,18,25H,15,17,19H2,1-4H3,(H,41,44)(H,45,46). The quantitative estimate of drug-likeness (QED) is 0.0761. The zero-order valence-corrected chi connectivity index (χ0v) is 27.4. The molecule has 0 aliphatic heterocycles. The van der Waals surface area contributed by atoms with E-state index in [2.05, 4.69) is 9.84 Å². The molecule has 0 fully saturated rings. The average Bonchev–Trinajstić information content (AvgIpc) is 3.46. The molecule has 2 N–H and O–H groups in total. The second-order valence-electron chi connectivity index (χ2n) is 12.2. The van der Waals surface area contributed by atoms with Gasteiger partial charge in [0.05, 0.1) is 24.8 Å². The number of aromatic nitrogens is 2. The van der Waals surface area contributed by atoms with E-state index in [0.717, 1.165) is 0 Å². The molecule has 10 nitrogen and oxygen atoms in total. The van der Waals surface area contributed by atoms with Crippen molar-refractivity contribution in [1.29, 1.82) is 0 Å². The first-order valence-corrected chi connectivity index (χ1v) is 15.3. The highest BCUT2D eigenvalue weighted by Gasteiger charge is 2.31. The van der Waals surface area contributed by atoms with Crippen LogP contribution in [-0.2, 0) is 11.3 Å². The Kier molecular flexibility index (Phi) is 10.5. The molecule has 1 atom stereocenters. The number of methoxy groups -OCH3 is 1. The molecular formula is C36H33F4N3O7. The van der Waals surface area contributed by atoms with Crippen molar-refractivity contribution >= 4 is 23.3 Å². The van der Waals surface area contributed by atoms with E-state index in [4.69, 9.17) is 19.3 Å². The lowest BCUT2D eigenvalue weighted by Crippen LogP contribution is -2.33. The van der Waals surface area contributed by atoms with Crippen LogP contribution in [0.25, 0.3) is 16.6 Å². The Bertz CT molecular complexity index is 2000. The van der Waals surface area contributed by atoms with Crippen LogP contribution in [0.5, 0.6) is 17.4 Å². The van der Waals surface area contributed by atoms with Crippen LogP contribution in [-0.4, -0.2) is 46.6 Å². The summed E-state index contributed by atoms with van der Waals surface area (Å²) < 4.78 is 85.2. The maximum Gasteiger partial charge on any atom is 0.505 e. The molecule has 0 aliphatic carbocycles. The van der Waals surface area contributed by atoms with E-state index in [1.807, 2.05) is 26.1 Å². The van der Waals surface area contributed by atoms with Gasteiger partial charge in [-0.05, 0) is 52.9 Å². The Labute approximate surface area is 284 Å². The number of amides is 1. The summed E-state index contributed by atoms with van der Waals surface area (Å²) in [6.45, 7) is 5.30. The van der Waals surface area contributed by atoms with E-state index in [0.29, 0.717) is 11.3 Å². The molecule has 0 spiro atoms. The summed E-state index contributed by atoms with van der Waals surface area (Å²) >= 11 is 0. The van der Waals surface area contributed by atoms with Crippen molar-refractivity contribution in [3.63, 3.8) is 0 Å². The second kappa shape index (κ2) is 14.8. The van der Waals surface area contributed by atoms with Crippen LogP contribution in [0.3, 0.4) is 0 Å². The molecule has 50 heavy (non-hydrogen) atoms. The van der Waals surface area contributed by atoms with Gasteiger partial charge in [-0.15, -0.1) is 5.10 Å². The largest absolute Gasteiger partial charge is 0.505 e. The number of pyridine rings is 1. The first-order chi connectivity index (χ1) is 23.8. The van der Waals surface area contributed by atoms with Gasteiger partial charge in [0.2, 0.25) is 5.88 Å². The minimum Gasteiger partial charge on any atom is -0.497 e. The fraction of sp³-hybridized carbons (Fsp3) is 0.250. The van der Waals surface area contributed by atoms with Gasteiger partial charge in [0, 0.05) is 12.6 Å². The molecule has 14 heteroatoms. The maximum atomic E-state index is 15.6. The predicted molar refractivity (Wildman–Crippen MR) is 175 cm³/mol. The highest BCUT2D eigenvalue weighted by atomic mass is 19.2. The topological polar surface area (TPSA) is 121 Å². The molecule has 2 aromatic heterocycles. The van der Waals surface area contributed by atoms with E-state index in [-0.39, 0.29) is 47.9 Å². The van der Waals surface area contributed by atoms with Crippen molar-refractivity contribution < 1.29 is 51.2 Å². The number of benzene rings is 3. The molecule has 0 saturated carbocycles. The molecule has 1 amide bonds. The third-order valence-corrected chi connectivity index (χ3v) is 7.74. The first-order valence-electron chi connectivity index (χ1n) is 15.3. The lowest BCUT2D eigenvalue weighted by atomic mass is 9.87. The van der Waals surface area contributed by atoms with Gasteiger partial charge in [-0.25, -0.2) is 26.9 Å². The highest BCUT2D eigenvalue weighted by molar-refractivity contribution is 6.11. The minimum absolute atomic E-state index is 0.0375. The lowest BCUT2D eigenvalue weighted by Gasteiger charge is -2.31. The van der Waals surface area contributed by atoms with Crippen LogP contribution in [0, 0.1) is 28.7 Å². The number of nitrogens with zero attached hydrogens (tertiary/aromatic N) is 2. The monoisotopic (exact) mass is 695 g/mol. The molecule has 5 rings (SSSR count). The smallest absolute Gasteiger partial charge is 0.497 e. The van der Waals surface area contributed by atoms with Gasteiger partial charge in [0.15, 0.2) is 23.3 Å². The summed E-state index contributed by atoms with van der Waals surface area (Å²) in [5.41, 5.74) is -2.47. The first kappa shape index (κ1) is 35.5. The van der Waals surface area contributed by atoms with Crippen LogP contribution in [0.1, 0.15) is 43.1 Å². The molecular weight excluding hydrogens is 662 g/mol. The molecule has 262 valence electrons. The zero-order valence-electron chi connectivity index (χ0n) is 27.4. The summed E-state index contributed by atoms with van der Waals surface area (Å²) in [7, 11) is 1.52. The van der Waals surface area contributed by atoms with Gasteiger partial charge in [-0.1, -0.05) is 51.1 Å². The van der Waals surface area contributed by atoms with E-state index in [1.165, 1.54) is 48.2 Å². The van der Waals surface area contributed by atoms with Crippen molar-refractivity contribution in [3.05, 3.63) is 107 Å². The summed E-state index contributed by atoms with van der Waals surface area (Å²) in [5, 5.41) is 15.0. The number of anilines is 1. The Morgan fingerprint density at radius 2 is 1.62 bits per heavy atom. The Balaban J connectivity index is 1.43. The molecule has 0 saturated heterocycles. The third-order valence-electron chi connectivity index (χ3n) is 7.74. The van der Waals surface area contributed by atoms with Crippen molar-refractivity contribution in [2.45, 2.75) is 39.9 Å². The molecule has 0 bridgehead atoms. The number of fused-ring (bicyclic) bond motifs is 1. The summed E-state index contributed by atoms with van der Waals surface area (Å²) in [6, 6.07) is 16.9. The van der Waals surface area contributed by atoms with Crippen LogP contribution >= 0.6 is 0 Å². The van der Waals surface area contributed by atoms with Crippen LogP contribution in [0.15, 0.2) is 72.9 Å². The SMILES string of the molecule is COc1ccc(COc2nn3ccccc3c2C(=O)Nc2c(F)c(F)c(-c3cccc(OC(CCOC(=O)O)C(C)(C)C)c3)c(F)c2F)cc1. The Hall–Kier alpha value is -5.79. The van der Waals surface area contributed by atoms with Crippen LogP contribution < -0.4 is 19.5 Å². The van der Waals surface area contributed by atoms with Gasteiger partial charge in [0.25, 0.3) is 5.91 Å². The van der Waals surface area contributed by atoms with Crippen molar-refractivity contribution in [3.8, 4) is 28.5 Å². The minimum atomic E-state index is -1.84. The predicted octanol–water partition coefficient (Wildman–Crippen LogP) is 8.28. The number of carboxylic acid groups (broad SMARTS) is 1. The summed E-state index contributed by atoms with van der Waals surface area (Å²) in [6.07, 6.45) is -0.386. The van der Waals surface area contributed by atoms with Gasteiger partial charge < -0.3 is 29.4 Å². The molecule has 3 aromatic carbocycles. The Morgan fingerprint density at radius 3 is 2.26 bits per heavy atom. The van der Waals surface area contributed by atoms with E-state index in [9.17, 15) is 9.59 Å². The van der Waals surface area contributed by atoms with E-state index in [1.54, 1.807) is 36.4 Å². The summed E-state index contributed by atoms with van der Waals surface area (Å²) in [5.74, 6) is -7.79. The fourth-order valence-electron chi connectivity index (χ4n) is 5.15. The average molecular weight is 696 g/mol. The second-order valence-corrected chi connectivity index (χ2v) is 12.2. The van der Waals surface area contributed by atoms with Gasteiger partial charge >= 0.3 is 6.16 Å². The number of ether oxygens (including phenoxy) is 4. The number of halogens is 4. The molecule has 5 aromatic rings. The number of hydrogen-bond donors (Lipinski definition) is 2. The summed E-state index contributed by atoms with van der Waals surface area (Å²) in [4.78, 5) is 24.3. The molecule has 2 heterocycles.